The monoisotopic (exact) mass is 259 g/mol. The van der Waals surface area contributed by atoms with Crippen LogP contribution >= 0.6 is 0 Å². The Bertz CT molecular complexity index is 504. The molecule has 0 aliphatic rings. The second kappa shape index (κ2) is 6.38. The molecule has 0 spiro atoms. The van der Waals surface area contributed by atoms with Gasteiger partial charge in [0.15, 0.2) is 0 Å². The molecule has 4 nitrogen and oxygen atoms in total. The number of nitrogens with one attached hydrogen (secondary N) is 1. The normalized spacial score (nSPS) is 12.4. The van der Waals surface area contributed by atoms with E-state index in [9.17, 15) is 0 Å². The molecule has 1 aromatic carbocycles. The SMILES string of the molecule is CCCNC(c1ccc(OC)cc1)c1nccn1C. The minimum atomic E-state index is 0.117. The molecule has 1 unspecified atom stereocenters. The maximum atomic E-state index is 5.20. The summed E-state index contributed by atoms with van der Waals surface area (Å²) in [5, 5.41) is 3.54. The van der Waals surface area contributed by atoms with E-state index in [2.05, 4.69) is 33.9 Å². The molecule has 0 amide bonds. The van der Waals surface area contributed by atoms with Gasteiger partial charge in [0.25, 0.3) is 0 Å². The number of imidazole rings is 1. The number of hydrogen-bond donors (Lipinski definition) is 1. The van der Waals surface area contributed by atoms with E-state index in [0.717, 1.165) is 24.5 Å². The molecule has 2 aromatic rings. The Hall–Kier alpha value is -1.81. The van der Waals surface area contributed by atoms with E-state index in [0.29, 0.717) is 0 Å². The quantitative estimate of drug-likeness (QED) is 0.866. The summed E-state index contributed by atoms with van der Waals surface area (Å²) >= 11 is 0. The highest BCUT2D eigenvalue weighted by Crippen LogP contribution is 2.22. The summed E-state index contributed by atoms with van der Waals surface area (Å²) in [5.74, 6) is 1.90. The Kier molecular flexibility index (Phi) is 4.58. The van der Waals surface area contributed by atoms with Crippen LogP contribution in [-0.4, -0.2) is 23.2 Å². The van der Waals surface area contributed by atoms with Gasteiger partial charge >= 0.3 is 0 Å². The molecule has 2 rings (SSSR count). The van der Waals surface area contributed by atoms with Gasteiger partial charge in [-0.05, 0) is 30.7 Å². The lowest BCUT2D eigenvalue weighted by Gasteiger charge is -2.19. The largest absolute Gasteiger partial charge is 0.497 e. The third-order valence-corrected chi connectivity index (χ3v) is 3.16. The minimum absolute atomic E-state index is 0.117. The molecule has 1 N–H and O–H groups in total. The van der Waals surface area contributed by atoms with Crippen molar-refractivity contribution >= 4 is 0 Å². The summed E-state index contributed by atoms with van der Waals surface area (Å²) in [7, 11) is 3.70. The number of nitrogens with zero attached hydrogens (tertiary/aromatic N) is 2. The zero-order valence-corrected chi connectivity index (χ0v) is 11.8. The number of hydrogen-bond acceptors (Lipinski definition) is 3. The Labute approximate surface area is 114 Å². The highest BCUT2D eigenvalue weighted by molar-refractivity contribution is 5.32. The van der Waals surface area contributed by atoms with Crippen LogP contribution in [0.25, 0.3) is 0 Å². The van der Waals surface area contributed by atoms with Crippen LogP contribution in [0, 0.1) is 0 Å². The zero-order valence-electron chi connectivity index (χ0n) is 11.8. The molecule has 102 valence electrons. The van der Waals surface area contributed by atoms with E-state index in [-0.39, 0.29) is 6.04 Å². The molecule has 0 bridgehead atoms. The van der Waals surface area contributed by atoms with Crippen molar-refractivity contribution in [3.8, 4) is 5.75 Å². The molecule has 0 aliphatic carbocycles. The van der Waals surface area contributed by atoms with Crippen molar-refractivity contribution in [2.45, 2.75) is 19.4 Å². The van der Waals surface area contributed by atoms with Crippen LogP contribution in [0.15, 0.2) is 36.7 Å². The van der Waals surface area contributed by atoms with Crippen LogP contribution < -0.4 is 10.1 Å². The smallest absolute Gasteiger partial charge is 0.130 e. The van der Waals surface area contributed by atoms with E-state index >= 15 is 0 Å². The standard InChI is InChI=1S/C15H21N3O/c1-4-9-16-14(15-17-10-11-18(15)2)12-5-7-13(19-3)8-6-12/h5-8,10-11,14,16H,4,9H2,1-3H3. The number of benzene rings is 1. The van der Waals surface area contributed by atoms with Gasteiger partial charge in [-0.3, -0.25) is 0 Å². The topological polar surface area (TPSA) is 39.1 Å². The number of aromatic nitrogens is 2. The fourth-order valence-corrected chi connectivity index (χ4v) is 2.10. The van der Waals surface area contributed by atoms with Crippen molar-refractivity contribution < 1.29 is 4.74 Å². The van der Waals surface area contributed by atoms with Gasteiger partial charge in [-0.2, -0.15) is 0 Å². The van der Waals surface area contributed by atoms with Crippen molar-refractivity contribution in [2.24, 2.45) is 7.05 Å². The molecule has 0 aliphatic heterocycles. The average Bonchev–Trinajstić information content (AvgIpc) is 2.86. The van der Waals surface area contributed by atoms with Gasteiger partial charge in [-0.1, -0.05) is 19.1 Å². The van der Waals surface area contributed by atoms with Crippen LogP contribution in [-0.2, 0) is 7.05 Å². The molecule has 0 saturated heterocycles. The molecule has 0 saturated carbocycles. The molecule has 1 atom stereocenters. The number of methoxy groups -OCH3 is 1. The molecular weight excluding hydrogens is 238 g/mol. The Morgan fingerprint density at radius 1 is 1.32 bits per heavy atom. The molecule has 4 heteroatoms. The van der Waals surface area contributed by atoms with Gasteiger partial charge in [0.2, 0.25) is 0 Å². The van der Waals surface area contributed by atoms with Crippen molar-refractivity contribution in [2.75, 3.05) is 13.7 Å². The maximum absolute atomic E-state index is 5.20. The molecule has 0 fully saturated rings. The minimum Gasteiger partial charge on any atom is -0.497 e. The molecular formula is C15H21N3O. The summed E-state index contributed by atoms with van der Waals surface area (Å²) < 4.78 is 7.26. The first-order valence-corrected chi connectivity index (χ1v) is 6.60. The lowest BCUT2D eigenvalue weighted by Crippen LogP contribution is -2.25. The van der Waals surface area contributed by atoms with Crippen molar-refractivity contribution in [1.82, 2.24) is 14.9 Å². The molecule has 1 heterocycles. The van der Waals surface area contributed by atoms with E-state index < -0.39 is 0 Å². The van der Waals surface area contributed by atoms with Gasteiger partial charge < -0.3 is 14.6 Å². The van der Waals surface area contributed by atoms with Crippen LogP contribution in [0.2, 0.25) is 0 Å². The van der Waals surface area contributed by atoms with E-state index in [1.54, 1.807) is 7.11 Å². The highest BCUT2D eigenvalue weighted by atomic mass is 16.5. The van der Waals surface area contributed by atoms with Crippen LogP contribution in [0.5, 0.6) is 5.75 Å². The third-order valence-electron chi connectivity index (χ3n) is 3.16. The van der Waals surface area contributed by atoms with E-state index in [1.807, 2.05) is 31.6 Å². The lowest BCUT2D eigenvalue weighted by molar-refractivity contribution is 0.414. The molecule has 0 radical (unpaired) electrons. The third kappa shape index (κ3) is 3.15. The zero-order chi connectivity index (χ0) is 13.7. The first-order valence-electron chi connectivity index (χ1n) is 6.60. The van der Waals surface area contributed by atoms with Gasteiger partial charge in [-0.25, -0.2) is 4.98 Å². The van der Waals surface area contributed by atoms with Gasteiger partial charge in [0, 0.05) is 19.4 Å². The van der Waals surface area contributed by atoms with Gasteiger partial charge in [0.05, 0.1) is 13.2 Å². The summed E-state index contributed by atoms with van der Waals surface area (Å²) in [4.78, 5) is 4.46. The lowest BCUT2D eigenvalue weighted by atomic mass is 10.1. The molecule has 19 heavy (non-hydrogen) atoms. The Morgan fingerprint density at radius 3 is 2.58 bits per heavy atom. The number of ether oxygens (including phenoxy) is 1. The predicted molar refractivity (Wildman–Crippen MR) is 76.3 cm³/mol. The summed E-state index contributed by atoms with van der Waals surface area (Å²) in [6, 6.07) is 8.25. The second-order valence-corrected chi connectivity index (χ2v) is 4.56. The van der Waals surface area contributed by atoms with Crippen molar-refractivity contribution in [3.05, 3.63) is 48.0 Å². The van der Waals surface area contributed by atoms with E-state index in [1.165, 1.54) is 5.56 Å². The fourth-order valence-electron chi connectivity index (χ4n) is 2.10. The Morgan fingerprint density at radius 2 is 2.05 bits per heavy atom. The fraction of sp³-hybridized carbons (Fsp3) is 0.400. The predicted octanol–water partition coefficient (Wildman–Crippen LogP) is 2.52. The second-order valence-electron chi connectivity index (χ2n) is 4.56. The van der Waals surface area contributed by atoms with Crippen LogP contribution in [0.3, 0.4) is 0 Å². The average molecular weight is 259 g/mol. The molecule has 1 aromatic heterocycles. The summed E-state index contributed by atoms with van der Waals surface area (Å²) in [5.41, 5.74) is 1.20. The number of rotatable bonds is 6. The first-order chi connectivity index (χ1) is 9.26. The maximum Gasteiger partial charge on any atom is 0.130 e. The summed E-state index contributed by atoms with van der Waals surface area (Å²) in [6.45, 7) is 3.13. The first kappa shape index (κ1) is 13.6. The van der Waals surface area contributed by atoms with Crippen LogP contribution in [0.1, 0.15) is 30.8 Å². The van der Waals surface area contributed by atoms with Crippen molar-refractivity contribution in [3.63, 3.8) is 0 Å². The Balaban J connectivity index is 2.28. The van der Waals surface area contributed by atoms with E-state index in [4.69, 9.17) is 4.74 Å². The van der Waals surface area contributed by atoms with Gasteiger partial charge in [-0.15, -0.1) is 0 Å². The van der Waals surface area contributed by atoms with Crippen LogP contribution in [0.4, 0.5) is 0 Å². The number of aryl methyl sites for hydroxylation is 1. The van der Waals surface area contributed by atoms with Crippen molar-refractivity contribution in [1.29, 1.82) is 0 Å². The highest BCUT2D eigenvalue weighted by Gasteiger charge is 2.17. The van der Waals surface area contributed by atoms with Gasteiger partial charge in [0.1, 0.15) is 11.6 Å². The summed E-state index contributed by atoms with van der Waals surface area (Å²) in [6.07, 6.45) is 4.90.